The molecule has 1 amide bonds. The van der Waals surface area contributed by atoms with E-state index in [0.29, 0.717) is 12.5 Å². The lowest BCUT2D eigenvalue weighted by Crippen LogP contribution is -2.53. The highest BCUT2D eigenvalue weighted by Crippen LogP contribution is 2.38. The molecular weight excluding hydrogens is 192 g/mol. The van der Waals surface area contributed by atoms with Gasteiger partial charge in [-0.2, -0.15) is 5.10 Å². The second-order valence-corrected chi connectivity index (χ2v) is 4.32. The Bertz CT molecular complexity index is 340. The maximum absolute atomic E-state index is 11.8. The standard InChI is InChI=1S/C10H16N4O/c1-10(11,7-2-3-7)9(15)12-6-8-4-5-13-14-8/h4-5,7H,2-3,6,11H2,1H3,(H,12,15)(H,13,14). The Hall–Kier alpha value is -1.36. The average Bonchev–Trinajstić information content (AvgIpc) is 2.94. The van der Waals surface area contributed by atoms with E-state index in [9.17, 15) is 4.79 Å². The van der Waals surface area contributed by atoms with Crippen LogP contribution in [0, 0.1) is 5.92 Å². The lowest BCUT2D eigenvalue weighted by Gasteiger charge is -2.22. The molecule has 0 aromatic carbocycles. The van der Waals surface area contributed by atoms with Crippen LogP contribution in [0.15, 0.2) is 12.3 Å². The zero-order chi connectivity index (χ0) is 10.9. The minimum absolute atomic E-state index is 0.0837. The van der Waals surface area contributed by atoms with Gasteiger partial charge in [0.25, 0.3) is 0 Å². The largest absolute Gasteiger partial charge is 0.349 e. The van der Waals surface area contributed by atoms with Crippen LogP contribution in [0.25, 0.3) is 0 Å². The van der Waals surface area contributed by atoms with E-state index in [4.69, 9.17) is 5.73 Å². The highest BCUT2D eigenvalue weighted by molar-refractivity contribution is 5.86. The van der Waals surface area contributed by atoms with Crippen molar-refractivity contribution in [2.24, 2.45) is 11.7 Å². The summed E-state index contributed by atoms with van der Waals surface area (Å²) in [5.74, 6) is 0.263. The van der Waals surface area contributed by atoms with Crippen molar-refractivity contribution in [2.75, 3.05) is 0 Å². The zero-order valence-corrected chi connectivity index (χ0v) is 8.79. The number of rotatable bonds is 4. The van der Waals surface area contributed by atoms with Crippen LogP contribution in [0.2, 0.25) is 0 Å². The predicted molar refractivity (Wildman–Crippen MR) is 55.8 cm³/mol. The molecule has 82 valence electrons. The first-order chi connectivity index (χ1) is 7.10. The minimum Gasteiger partial charge on any atom is -0.349 e. The van der Waals surface area contributed by atoms with E-state index >= 15 is 0 Å². The Morgan fingerprint density at radius 1 is 1.80 bits per heavy atom. The number of carbonyl (C=O) groups excluding carboxylic acids is 1. The number of H-pyrrole nitrogens is 1. The number of nitrogens with two attached hydrogens (primary N) is 1. The molecule has 0 spiro atoms. The number of hydrogen-bond donors (Lipinski definition) is 3. The molecule has 1 unspecified atom stereocenters. The van der Waals surface area contributed by atoms with Gasteiger partial charge < -0.3 is 11.1 Å². The highest BCUT2D eigenvalue weighted by atomic mass is 16.2. The summed E-state index contributed by atoms with van der Waals surface area (Å²) in [6, 6.07) is 1.82. The Kier molecular flexibility index (Phi) is 2.48. The molecular formula is C10H16N4O. The van der Waals surface area contributed by atoms with Gasteiger partial charge in [-0.25, -0.2) is 0 Å². The molecule has 0 saturated heterocycles. The quantitative estimate of drug-likeness (QED) is 0.658. The lowest BCUT2D eigenvalue weighted by atomic mass is 9.96. The topological polar surface area (TPSA) is 83.8 Å². The Morgan fingerprint density at radius 2 is 2.53 bits per heavy atom. The molecule has 0 aliphatic heterocycles. The second-order valence-electron chi connectivity index (χ2n) is 4.32. The van der Waals surface area contributed by atoms with Crippen LogP contribution in [-0.4, -0.2) is 21.6 Å². The Morgan fingerprint density at radius 3 is 3.07 bits per heavy atom. The number of nitrogens with zero attached hydrogens (tertiary/aromatic N) is 1. The summed E-state index contributed by atoms with van der Waals surface area (Å²) in [6.45, 7) is 2.26. The van der Waals surface area contributed by atoms with E-state index in [1.54, 1.807) is 13.1 Å². The highest BCUT2D eigenvalue weighted by Gasteiger charge is 2.43. The molecule has 5 nitrogen and oxygen atoms in total. The van der Waals surface area contributed by atoms with Crippen LogP contribution in [0.1, 0.15) is 25.5 Å². The van der Waals surface area contributed by atoms with Crippen molar-refractivity contribution in [1.29, 1.82) is 0 Å². The third kappa shape index (κ3) is 2.18. The molecule has 5 heteroatoms. The summed E-state index contributed by atoms with van der Waals surface area (Å²) in [6.07, 6.45) is 3.78. The summed E-state index contributed by atoms with van der Waals surface area (Å²) in [5.41, 5.74) is 6.13. The SMILES string of the molecule is CC(N)(C(=O)NCc1ccn[nH]1)C1CC1. The fourth-order valence-electron chi connectivity index (χ4n) is 1.62. The molecule has 1 atom stereocenters. The van der Waals surface area contributed by atoms with Gasteiger partial charge in [0.15, 0.2) is 0 Å². The van der Waals surface area contributed by atoms with E-state index < -0.39 is 5.54 Å². The van der Waals surface area contributed by atoms with Gasteiger partial charge in [-0.05, 0) is 31.7 Å². The normalized spacial score (nSPS) is 19.6. The Balaban J connectivity index is 1.86. The van der Waals surface area contributed by atoms with Crippen LogP contribution in [0.3, 0.4) is 0 Å². The zero-order valence-electron chi connectivity index (χ0n) is 8.79. The smallest absolute Gasteiger partial charge is 0.240 e. The first-order valence-corrected chi connectivity index (χ1v) is 5.16. The fourth-order valence-corrected chi connectivity index (χ4v) is 1.62. The second kappa shape index (κ2) is 3.66. The van der Waals surface area contributed by atoms with Crippen molar-refractivity contribution in [3.05, 3.63) is 18.0 Å². The summed E-state index contributed by atoms with van der Waals surface area (Å²) in [5, 5.41) is 9.40. The molecule has 1 aliphatic carbocycles. The van der Waals surface area contributed by atoms with E-state index in [1.807, 2.05) is 6.07 Å². The van der Waals surface area contributed by atoms with Crippen molar-refractivity contribution in [1.82, 2.24) is 15.5 Å². The van der Waals surface area contributed by atoms with Gasteiger partial charge in [0.2, 0.25) is 5.91 Å². The number of amides is 1. The molecule has 1 aromatic heterocycles. The first kappa shape index (κ1) is 10.2. The predicted octanol–water partition coefficient (Wildman–Crippen LogP) is 0.153. The molecule has 1 saturated carbocycles. The van der Waals surface area contributed by atoms with E-state index in [1.165, 1.54) is 0 Å². The minimum atomic E-state index is -0.722. The maximum Gasteiger partial charge on any atom is 0.240 e. The molecule has 0 radical (unpaired) electrons. The average molecular weight is 208 g/mol. The first-order valence-electron chi connectivity index (χ1n) is 5.16. The summed E-state index contributed by atoms with van der Waals surface area (Å²) in [4.78, 5) is 11.8. The van der Waals surface area contributed by atoms with Crippen LogP contribution < -0.4 is 11.1 Å². The Labute approximate surface area is 88.4 Å². The van der Waals surface area contributed by atoms with E-state index in [-0.39, 0.29) is 5.91 Å². The number of aromatic amines is 1. The lowest BCUT2D eigenvalue weighted by molar-refractivity contribution is -0.126. The fraction of sp³-hybridized carbons (Fsp3) is 0.600. The van der Waals surface area contributed by atoms with Gasteiger partial charge >= 0.3 is 0 Å². The molecule has 1 fully saturated rings. The molecule has 1 aliphatic rings. The summed E-state index contributed by atoms with van der Waals surface area (Å²) in [7, 11) is 0. The van der Waals surface area contributed by atoms with Crippen molar-refractivity contribution in [3.8, 4) is 0 Å². The van der Waals surface area contributed by atoms with Gasteiger partial charge in [-0.1, -0.05) is 0 Å². The van der Waals surface area contributed by atoms with Gasteiger partial charge in [0.05, 0.1) is 17.8 Å². The van der Waals surface area contributed by atoms with Gasteiger partial charge in [0.1, 0.15) is 0 Å². The third-order valence-electron chi connectivity index (χ3n) is 2.91. The number of aromatic nitrogens is 2. The number of nitrogens with one attached hydrogen (secondary N) is 2. The maximum atomic E-state index is 11.8. The van der Waals surface area contributed by atoms with Gasteiger partial charge in [-0.3, -0.25) is 9.89 Å². The van der Waals surface area contributed by atoms with Gasteiger partial charge in [-0.15, -0.1) is 0 Å². The van der Waals surface area contributed by atoms with Crippen molar-refractivity contribution >= 4 is 5.91 Å². The van der Waals surface area contributed by atoms with Crippen molar-refractivity contribution in [2.45, 2.75) is 31.8 Å². The van der Waals surface area contributed by atoms with E-state index in [2.05, 4.69) is 15.5 Å². The van der Waals surface area contributed by atoms with Gasteiger partial charge in [0, 0.05) is 6.20 Å². The molecule has 4 N–H and O–H groups in total. The van der Waals surface area contributed by atoms with Crippen LogP contribution in [0.5, 0.6) is 0 Å². The summed E-state index contributed by atoms with van der Waals surface area (Å²) < 4.78 is 0. The molecule has 2 rings (SSSR count). The molecule has 1 aromatic rings. The molecule has 0 bridgehead atoms. The van der Waals surface area contributed by atoms with E-state index in [0.717, 1.165) is 18.5 Å². The number of carbonyl (C=O) groups is 1. The third-order valence-corrected chi connectivity index (χ3v) is 2.91. The summed E-state index contributed by atoms with van der Waals surface area (Å²) >= 11 is 0. The number of hydrogen-bond acceptors (Lipinski definition) is 3. The van der Waals surface area contributed by atoms with Crippen LogP contribution in [0.4, 0.5) is 0 Å². The molecule has 15 heavy (non-hydrogen) atoms. The molecule has 1 heterocycles. The monoisotopic (exact) mass is 208 g/mol. The van der Waals surface area contributed by atoms with Crippen molar-refractivity contribution in [3.63, 3.8) is 0 Å². The van der Waals surface area contributed by atoms with Crippen LogP contribution >= 0.6 is 0 Å². The van der Waals surface area contributed by atoms with Crippen LogP contribution in [-0.2, 0) is 11.3 Å². The van der Waals surface area contributed by atoms with Crippen molar-refractivity contribution < 1.29 is 4.79 Å².